The van der Waals surface area contributed by atoms with Crippen molar-refractivity contribution < 1.29 is 0 Å². The smallest absolute Gasteiger partial charge is 0.0133 e. The number of fused-ring (bicyclic) bond motifs is 3. The van der Waals surface area contributed by atoms with E-state index in [4.69, 9.17) is 0 Å². The first kappa shape index (κ1) is 9.40. The molecule has 1 aliphatic rings. The minimum absolute atomic E-state index is 0.547. The second-order valence-corrected chi connectivity index (χ2v) is 5.29. The average Bonchev–Trinajstić information content (AvgIpc) is 2.54. The van der Waals surface area contributed by atoms with Gasteiger partial charge in [-0.2, -0.15) is 0 Å². The summed E-state index contributed by atoms with van der Waals surface area (Å²) in [6, 6.07) is 15.5. The van der Waals surface area contributed by atoms with Gasteiger partial charge in [0.2, 0.25) is 0 Å². The van der Waals surface area contributed by atoms with Gasteiger partial charge in [-0.3, -0.25) is 0 Å². The van der Waals surface area contributed by atoms with E-state index in [1.807, 2.05) is 0 Å². The highest BCUT2D eigenvalue weighted by Crippen LogP contribution is 2.44. The van der Waals surface area contributed by atoms with Crippen LogP contribution in [-0.2, 0) is 0 Å². The van der Waals surface area contributed by atoms with Gasteiger partial charge in [-0.25, -0.2) is 0 Å². The summed E-state index contributed by atoms with van der Waals surface area (Å²) in [7, 11) is 0. The molecule has 1 atom stereocenters. The standard InChI is InChI=1S/C14H11I/c1-9-11-4-2-3-5-12(11)13-7-6-10(15)8-14(9)13/h2-9H,1H3/t9-/m1/s1. The highest BCUT2D eigenvalue weighted by atomic mass is 127. The maximum absolute atomic E-state index is 2.38. The lowest BCUT2D eigenvalue weighted by molar-refractivity contribution is 0.955. The van der Waals surface area contributed by atoms with Crippen molar-refractivity contribution >= 4 is 22.6 Å². The molecule has 0 amide bonds. The summed E-state index contributed by atoms with van der Waals surface area (Å²) < 4.78 is 1.33. The van der Waals surface area contributed by atoms with Crippen LogP contribution >= 0.6 is 22.6 Å². The van der Waals surface area contributed by atoms with Crippen LogP contribution < -0.4 is 0 Å². The Kier molecular flexibility index (Phi) is 2.09. The Morgan fingerprint density at radius 1 is 0.933 bits per heavy atom. The monoisotopic (exact) mass is 306 g/mol. The van der Waals surface area contributed by atoms with Gasteiger partial charge < -0.3 is 0 Å². The third-order valence-corrected chi connectivity index (χ3v) is 3.87. The molecule has 1 heteroatoms. The highest BCUT2D eigenvalue weighted by molar-refractivity contribution is 14.1. The average molecular weight is 306 g/mol. The summed E-state index contributed by atoms with van der Waals surface area (Å²) in [5.74, 6) is 0.547. The molecule has 2 aromatic rings. The predicted molar refractivity (Wildman–Crippen MR) is 72.1 cm³/mol. The van der Waals surface area contributed by atoms with Crippen LogP contribution in [-0.4, -0.2) is 0 Å². The normalized spacial score (nSPS) is 17.3. The van der Waals surface area contributed by atoms with E-state index in [0.29, 0.717) is 5.92 Å². The van der Waals surface area contributed by atoms with Crippen molar-refractivity contribution in [1.82, 2.24) is 0 Å². The Balaban J connectivity index is 2.32. The maximum atomic E-state index is 2.38. The van der Waals surface area contributed by atoms with Crippen molar-refractivity contribution in [2.45, 2.75) is 12.8 Å². The summed E-state index contributed by atoms with van der Waals surface area (Å²) in [6.07, 6.45) is 0. The van der Waals surface area contributed by atoms with Crippen molar-refractivity contribution in [2.75, 3.05) is 0 Å². The van der Waals surface area contributed by atoms with E-state index in [9.17, 15) is 0 Å². The summed E-state index contributed by atoms with van der Waals surface area (Å²) in [5, 5.41) is 0. The third-order valence-electron chi connectivity index (χ3n) is 3.20. The zero-order valence-electron chi connectivity index (χ0n) is 8.50. The Morgan fingerprint density at radius 3 is 2.53 bits per heavy atom. The highest BCUT2D eigenvalue weighted by Gasteiger charge is 2.24. The molecule has 0 unspecified atom stereocenters. The van der Waals surface area contributed by atoms with Gasteiger partial charge in [0.15, 0.2) is 0 Å². The van der Waals surface area contributed by atoms with Crippen molar-refractivity contribution in [3.05, 3.63) is 57.2 Å². The van der Waals surface area contributed by atoms with Gasteiger partial charge in [0.05, 0.1) is 0 Å². The van der Waals surface area contributed by atoms with Crippen molar-refractivity contribution in [3.8, 4) is 11.1 Å². The first-order valence-corrected chi connectivity index (χ1v) is 6.24. The van der Waals surface area contributed by atoms with Crippen LogP contribution in [0.15, 0.2) is 42.5 Å². The zero-order chi connectivity index (χ0) is 10.4. The lowest BCUT2D eigenvalue weighted by Crippen LogP contribution is -1.89. The second-order valence-electron chi connectivity index (χ2n) is 4.04. The Bertz CT molecular complexity index is 529. The number of halogens is 1. The first-order chi connectivity index (χ1) is 7.27. The molecule has 3 rings (SSSR count). The lowest BCUT2D eigenvalue weighted by Gasteiger charge is -2.05. The van der Waals surface area contributed by atoms with Crippen molar-refractivity contribution in [1.29, 1.82) is 0 Å². The first-order valence-electron chi connectivity index (χ1n) is 5.16. The molecule has 0 nitrogen and oxygen atoms in total. The fourth-order valence-electron chi connectivity index (χ4n) is 2.42. The summed E-state index contributed by atoms with van der Waals surface area (Å²) >= 11 is 2.38. The maximum Gasteiger partial charge on any atom is 0.0133 e. The molecule has 0 radical (unpaired) electrons. The van der Waals surface area contributed by atoms with Gasteiger partial charge >= 0.3 is 0 Å². The van der Waals surface area contributed by atoms with Crippen LogP contribution in [0.25, 0.3) is 11.1 Å². The van der Waals surface area contributed by atoms with Crippen LogP contribution in [0, 0.1) is 3.57 Å². The summed E-state index contributed by atoms with van der Waals surface area (Å²) in [6.45, 7) is 2.29. The molecule has 0 N–H and O–H groups in total. The second kappa shape index (κ2) is 3.34. The van der Waals surface area contributed by atoms with E-state index >= 15 is 0 Å². The summed E-state index contributed by atoms with van der Waals surface area (Å²) in [5.41, 5.74) is 5.77. The van der Waals surface area contributed by atoms with Crippen LogP contribution in [0.3, 0.4) is 0 Å². The molecule has 0 fully saturated rings. The van der Waals surface area contributed by atoms with Gasteiger partial charge in [0, 0.05) is 9.49 Å². The molecular formula is C14H11I. The van der Waals surface area contributed by atoms with E-state index in [1.54, 1.807) is 0 Å². The molecule has 1 aliphatic carbocycles. The number of benzene rings is 2. The topological polar surface area (TPSA) is 0 Å². The largest absolute Gasteiger partial charge is 0.0619 e. The van der Waals surface area contributed by atoms with E-state index in [1.165, 1.54) is 25.8 Å². The predicted octanol–water partition coefficient (Wildman–Crippen LogP) is 4.42. The van der Waals surface area contributed by atoms with E-state index < -0.39 is 0 Å². The number of hydrogen-bond acceptors (Lipinski definition) is 0. The number of rotatable bonds is 0. The van der Waals surface area contributed by atoms with Crippen LogP contribution in [0.1, 0.15) is 24.0 Å². The van der Waals surface area contributed by atoms with Crippen molar-refractivity contribution in [2.24, 2.45) is 0 Å². The molecule has 2 aromatic carbocycles. The fraction of sp³-hybridized carbons (Fsp3) is 0.143. The molecule has 0 bridgehead atoms. The van der Waals surface area contributed by atoms with E-state index in [0.717, 1.165) is 0 Å². The molecule has 15 heavy (non-hydrogen) atoms. The molecule has 0 aromatic heterocycles. The molecule has 0 saturated carbocycles. The zero-order valence-corrected chi connectivity index (χ0v) is 10.7. The van der Waals surface area contributed by atoms with E-state index in [2.05, 4.69) is 72.0 Å². The van der Waals surface area contributed by atoms with Crippen LogP contribution in [0.5, 0.6) is 0 Å². The molecule has 0 spiro atoms. The van der Waals surface area contributed by atoms with Gasteiger partial charge in [0.1, 0.15) is 0 Å². The lowest BCUT2D eigenvalue weighted by atomic mass is 10.00. The molecule has 0 heterocycles. The molecule has 0 aliphatic heterocycles. The molecular weight excluding hydrogens is 295 g/mol. The van der Waals surface area contributed by atoms with Crippen LogP contribution in [0.4, 0.5) is 0 Å². The van der Waals surface area contributed by atoms with Gasteiger partial charge in [-0.05, 0) is 57.0 Å². The van der Waals surface area contributed by atoms with Crippen molar-refractivity contribution in [3.63, 3.8) is 0 Å². The SMILES string of the molecule is C[C@@H]1c2ccccc2-c2ccc(I)cc21. The molecule has 74 valence electrons. The van der Waals surface area contributed by atoms with Gasteiger partial charge in [-0.15, -0.1) is 0 Å². The molecule has 0 saturated heterocycles. The Hall–Kier alpha value is -0.830. The Labute approximate surface area is 103 Å². The van der Waals surface area contributed by atoms with Gasteiger partial charge in [0.25, 0.3) is 0 Å². The van der Waals surface area contributed by atoms with Crippen LogP contribution in [0.2, 0.25) is 0 Å². The minimum Gasteiger partial charge on any atom is -0.0619 e. The number of hydrogen-bond donors (Lipinski definition) is 0. The third kappa shape index (κ3) is 1.33. The van der Waals surface area contributed by atoms with E-state index in [-0.39, 0.29) is 0 Å². The minimum atomic E-state index is 0.547. The summed E-state index contributed by atoms with van der Waals surface area (Å²) in [4.78, 5) is 0. The fourth-order valence-corrected chi connectivity index (χ4v) is 2.94. The van der Waals surface area contributed by atoms with Gasteiger partial charge in [-0.1, -0.05) is 37.3 Å². The Morgan fingerprint density at radius 2 is 1.67 bits per heavy atom. The quantitative estimate of drug-likeness (QED) is 0.632.